The molecule has 0 spiro atoms. The van der Waals surface area contributed by atoms with Gasteiger partial charge in [0.05, 0.1) is 0 Å². The topological polar surface area (TPSA) is 28.2 Å². The van der Waals surface area contributed by atoms with E-state index in [1.54, 1.807) is 0 Å². The molecule has 1 heterocycles. The monoisotopic (exact) mass is 289 g/mol. The van der Waals surface area contributed by atoms with Crippen LogP contribution in [0.15, 0.2) is 12.1 Å². The fourth-order valence-electron chi connectivity index (χ4n) is 2.75. The van der Waals surface area contributed by atoms with Crippen molar-refractivity contribution in [2.45, 2.75) is 77.9 Å². The average Bonchev–Trinajstić information content (AvgIpc) is 3.30. The Morgan fingerprint density at radius 1 is 1.24 bits per heavy atom. The summed E-state index contributed by atoms with van der Waals surface area (Å²) < 4.78 is 0. The molecule has 3 nitrogen and oxygen atoms in total. The van der Waals surface area contributed by atoms with Crippen LogP contribution < -0.4 is 10.2 Å². The molecule has 1 aliphatic carbocycles. The highest BCUT2D eigenvalue weighted by molar-refractivity contribution is 5.43. The number of rotatable bonds is 8. The molecule has 1 N–H and O–H groups in total. The molecule has 1 aromatic heterocycles. The largest absolute Gasteiger partial charge is 0.357 e. The van der Waals surface area contributed by atoms with Gasteiger partial charge in [-0.05, 0) is 49.3 Å². The van der Waals surface area contributed by atoms with E-state index in [0.29, 0.717) is 12.0 Å². The molecule has 1 aromatic rings. The molecule has 0 amide bonds. The highest BCUT2D eigenvalue weighted by Gasteiger charge is 2.21. The van der Waals surface area contributed by atoms with Crippen LogP contribution in [-0.4, -0.2) is 24.1 Å². The Kier molecular flexibility index (Phi) is 5.63. The number of hydrogen-bond donors (Lipinski definition) is 1. The molecule has 1 aliphatic rings. The van der Waals surface area contributed by atoms with Crippen LogP contribution in [0.5, 0.6) is 0 Å². The molecule has 0 atom stereocenters. The van der Waals surface area contributed by atoms with Gasteiger partial charge < -0.3 is 10.2 Å². The fourth-order valence-corrected chi connectivity index (χ4v) is 2.75. The number of aromatic nitrogens is 1. The average molecular weight is 289 g/mol. The third-order valence-electron chi connectivity index (χ3n) is 4.51. The van der Waals surface area contributed by atoms with Crippen LogP contribution >= 0.6 is 0 Å². The summed E-state index contributed by atoms with van der Waals surface area (Å²) in [4.78, 5) is 7.24. The number of nitrogens with one attached hydrogen (secondary N) is 1. The quantitative estimate of drug-likeness (QED) is 0.781. The number of nitrogens with zero attached hydrogens (tertiary/aromatic N) is 2. The molecule has 0 aromatic carbocycles. The van der Waals surface area contributed by atoms with Crippen molar-refractivity contribution < 1.29 is 0 Å². The molecule has 0 radical (unpaired) electrons. The Labute approximate surface area is 130 Å². The Bertz CT molecular complexity index is 448. The van der Waals surface area contributed by atoms with E-state index >= 15 is 0 Å². The minimum atomic E-state index is 0.472. The van der Waals surface area contributed by atoms with Gasteiger partial charge in [-0.2, -0.15) is 0 Å². The first-order chi connectivity index (χ1) is 10.0. The highest BCUT2D eigenvalue weighted by atomic mass is 15.2. The zero-order valence-corrected chi connectivity index (χ0v) is 14.3. The van der Waals surface area contributed by atoms with Crippen LogP contribution in [0.25, 0.3) is 0 Å². The summed E-state index contributed by atoms with van der Waals surface area (Å²) in [5, 5.41) is 3.62. The molecule has 0 saturated heterocycles. The third kappa shape index (κ3) is 4.44. The second-order valence-corrected chi connectivity index (χ2v) is 6.65. The normalized spacial score (nSPS) is 15.0. The Balaban J connectivity index is 2.20. The molecule has 1 fully saturated rings. The Hall–Kier alpha value is -1.09. The van der Waals surface area contributed by atoms with Gasteiger partial charge in [-0.15, -0.1) is 0 Å². The van der Waals surface area contributed by atoms with Gasteiger partial charge in [0.2, 0.25) is 0 Å². The van der Waals surface area contributed by atoms with Crippen LogP contribution in [0.3, 0.4) is 0 Å². The SMILES string of the molecule is CCC(CC)N(C)c1cc(CNC2CC2)cc(C(C)C)n1. The minimum absolute atomic E-state index is 0.472. The Morgan fingerprint density at radius 3 is 2.43 bits per heavy atom. The summed E-state index contributed by atoms with van der Waals surface area (Å²) in [5.74, 6) is 1.60. The summed E-state index contributed by atoms with van der Waals surface area (Å²) in [5.41, 5.74) is 2.58. The van der Waals surface area contributed by atoms with E-state index < -0.39 is 0 Å². The Morgan fingerprint density at radius 2 is 1.90 bits per heavy atom. The summed E-state index contributed by atoms with van der Waals surface area (Å²) in [6.07, 6.45) is 5.00. The van der Waals surface area contributed by atoms with Gasteiger partial charge in [-0.1, -0.05) is 27.7 Å². The van der Waals surface area contributed by atoms with Crippen molar-refractivity contribution in [2.75, 3.05) is 11.9 Å². The second kappa shape index (κ2) is 7.26. The molecule has 118 valence electrons. The maximum atomic E-state index is 4.89. The third-order valence-corrected chi connectivity index (χ3v) is 4.51. The summed E-state index contributed by atoms with van der Waals surface area (Å²) in [6.45, 7) is 9.93. The lowest BCUT2D eigenvalue weighted by Gasteiger charge is -2.28. The van der Waals surface area contributed by atoms with Crippen molar-refractivity contribution in [3.63, 3.8) is 0 Å². The number of pyridine rings is 1. The predicted octanol–water partition coefficient (Wildman–Crippen LogP) is 4.08. The van der Waals surface area contributed by atoms with Crippen molar-refractivity contribution in [1.82, 2.24) is 10.3 Å². The van der Waals surface area contributed by atoms with Gasteiger partial charge in [0, 0.05) is 31.4 Å². The zero-order chi connectivity index (χ0) is 15.4. The van der Waals surface area contributed by atoms with Crippen LogP contribution in [-0.2, 0) is 6.54 Å². The molecule has 0 unspecified atom stereocenters. The van der Waals surface area contributed by atoms with E-state index in [9.17, 15) is 0 Å². The van der Waals surface area contributed by atoms with Gasteiger partial charge in [0.1, 0.15) is 5.82 Å². The van der Waals surface area contributed by atoms with E-state index in [1.165, 1.54) is 24.1 Å². The van der Waals surface area contributed by atoms with Crippen molar-refractivity contribution in [3.8, 4) is 0 Å². The zero-order valence-electron chi connectivity index (χ0n) is 14.3. The van der Waals surface area contributed by atoms with Crippen molar-refractivity contribution in [3.05, 3.63) is 23.4 Å². The van der Waals surface area contributed by atoms with Gasteiger partial charge in [-0.3, -0.25) is 0 Å². The van der Waals surface area contributed by atoms with E-state index in [4.69, 9.17) is 4.98 Å². The first kappa shape index (κ1) is 16.3. The van der Waals surface area contributed by atoms with Gasteiger partial charge in [-0.25, -0.2) is 4.98 Å². The van der Waals surface area contributed by atoms with Crippen molar-refractivity contribution in [2.24, 2.45) is 0 Å². The lowest BCUT2D eigenvalue weighted by Crippen LogP contribution is -2.31. The van der Waals surface area contributed by atoms with E-state index in [0.717, 1.165) is 31.2 Å². The minimum Gasteiger partial charge on any atom is -0.357 e. The first-order valence-corrected chi connectivity index (χ1v) is 8.52. The van der Waals surface area contributed by atoms with Gasteiger partial charge >= 0.3 is 0 Å². The van der Waals surface area contributed by atoms with E-state index in [2.05, 4.69) is 57.1 Å². The number of hydrogen-bond acceptors (Lipinski definition) is 3. The standard InChI is InChI=1S/C18H31N3/c1-6-16(7-2)21(5)18-11-14(12-19-15-8-9-15)10-17(20-18)13(3)4/h10-11,13,15-16,19H,6-9,12H2,1-5H3. The van der Waals surface area contributed by atoms with Crippen LogP contribution in [0.2, 0.25) is 0 Å². The van der Waals surface area contributed by atoms with Crippen LogP contribution in [0, 0.1) is 0 Å². The van der Waals surface area contributed by atoms with E-state index in [1.807, 2.05) is 0 Å². The predicted molar refractivity (Wildman–Crippen MR) is 91.0 cm³/mol. The van der Waals surface area contributed by atoms with Crippen LogP contribution in [0.4, 0.5) is 5.82 Å². The molecule has 21 heavy (non-hydrogen) atoms. The molecule has 2 rings (SSSR count). The molecule has 0 aliphatic heterocycles. The molecular formula is C18H31N3. The van der Waals surface area contributed by atoms with E-state index in [-0.39, 0.29) is 0 Å². The summed E-state index contributed by atoms with van der Waals surface area (Å²) in [7, 11) is 2.18. The second-order valence-electron chi connectivity index (χ2n) is 6.65. The number of anilines is 1. The molecule has 3 heteroatoms. The van der Waals surface area contributed by atoms with Crippen LogP contribution in [0.1, 0.15) is 70.6 Å². The summed E-state index contributed by atoms with van der Waals surface area (Å²) in [6, 6.07) is 5.86. The lowest BCUT2D eigenvalue weighted by molar-refractivity contribution is 0.584. The van der Waals surface area contributed by atoms with Crippen molar-refractivity contribution >= 4 is 5.82 Å². The maximum absolute atomic E-state index is 4.89. The first-order valence-electron chi connectivity index (χ1n) is 8.52. The molecule has 1 saturated carbocycles. The lowest BCUT2D eigenvalue weighted by atomic mass is 10.1. The van der Waals surface area contributed by atoms with Gasteiger partial charge in [0.25, 0.3) is 0 Å². The molecule has 0 bridgehead atoms. The summed E-state index contributed by atoms with van der Waals surface area (Å²) >= 11 is 0. The van der Waals surface area contributed by atoms with Crippen molar-refractivity contribution in [1.29, 1.82) is 0 Å². The molecular weight excluding hydrogens is 258 g/mol. The maximum Gasteiger partial charge on any atom is 0.129 e. The van der Waals surface area contributed by atoms with Gasteiger partial charge in [0.15, 0.2) is 0 Å². The fraction of sp³-hybridized carbons (Fsp3) is 0.722. The highest BCUT2D eigenvalue weighted by Crippen LogP contribution is 2.24. The smallest absolute Gasteiger partial charge is 0.129 e.